The largest absolute Gasteiger partial charge is 0.496 e. The Balaban J connectivity index is 1.86. The van der Waals surface area contributed by atoms with Gasteiger partial charge in [-0.15, -0.1) is 20.4 Å². The molecule has 4 rings (SSSR count). The first kappa shape index (κ1) is 22.4. The van der Waals surface area contributed by atoms with E-state index in [4.69, 9.17) is 37.1 Å². The van der Waals surface area contributed by atoms with Crippen LogP contribution in [0.2, 0.25) is 10.0 Å². The van der Waals surface area contributed by atoms with Crippen molar-refractivity contribution < 1.29 is 13.9 Å². The molecule has 32 heavy (non-hydrogen) atoms. The first-order valence-electron chi connectivity index (χ1n) is 9.51. The van der Waals surface area contributed by atoms with Crippen LogP contribution < -0.4 is 9.47 Å². The molecule has 0 N–H and O–H groups in total. The summed E-state index contributed by atoms with van der Waals surface area (Å²) >= 11 is 14.1. The van der Waals surface area contributed by atoms with Gasteiger partial charge in [0.05, 0.1) is 35.7 Å². The van der Waals surface area contributed by atoms with Crippen molar-refractivity contribution in [1.29, 1.82) is 0 Å². The molecule has 1 unspecified atom stereocenters. The van der Waals surface area contributed by atoms with Crippen molar-refractivity contribution in [3.05, 3.63) is 58.2 Å². The fourth-order valence-electron chi connectivity index (χ4n) is 3.09. The van der Waals surface area contributed by atoms with Gasteiger partial charge in [-0.05, 0) is 43.3 Å². The molecule has 2 aromatic carbocycles. The van der Waals surface area contributed by atoms with Crippen molar-refractivity contribution in [3.8, 4) is 28.6 Å². The minimum atomic E-state index is -0.165. The zero-order valence-corrected chi connectivity index (χ0v) is 20.0. The van der Waals surface area contributed by atoms with Gasteiger partial charge in [-0.2, -0.15) is 0 Å². The summed E-state index contributed by atoms with van der Waals surface area (Å²) in [5.74, 6) is 2.72. The van der Waals surface area contributed by atoms with Gasteiger partial charge in [0.15, 0.2) is 11.0 Å². The molecule has 0 saturated carbocycles. The van der Waals surface area contributed by atoms with Gasteiger partial charge >= 0.3 is 0 Å². The Labute approximate surface area is 198 Å². The zero-order chi connectivity index (χ0) is 22.8. The molecule has 0 aliphatic carbocycles. The van der Waals surface area contributed by atoms with Crippen LogP contribution >= 0.6 is 35.0 Å². The average Bonchev–Trinajstić information content (AvgIpc) is 3.40. The summed E-state index contributed by atoms with van der Waals surface area (Å²) in [6, 6.07) is 10.8. The minimum Gasteiger partial charge on any atom is -0.496 e. The predicted octanol–water partition coefficient (Wildman–Crippen LogP) is 5.80. The average molecular weight is 492 g/mol. The van der Waals surface area contributed by atoms with E-state index < -0.39 is 0 Å². The topological polar surface area (TPSA) is 88.1 Å². The van der Waals surface area contributed by atoms with Crippen LogP contribution in [0.3, 0.4) is 0 Å². The van der Waals surface area contributed by atoms with E-state index in [-0.39, 0.29) is 5.25 Å². The van der Waals surface area contributed by atoms with Gasteiger partial charge in [0.2, 0.25) is 11.8 Å². The monoisotopic (exact) mass is 491 g/mol. The van der Waals surface area contributed by atoms with Gasteiger partial charge in [-0.3, -0.25) is 4.57 Å². The number of aromatic nitrogens is 5. The van der Waals surface area contributed by atoms with Gasteiger partial charge in [0.1, 0.15) is 11.5 Å². The molecule has 8 nitrogen and oxygen atoms in total. The lowest BCUT2D eigenvalue weighted by Gasteiger charge is -2.15. The highest BCUT2D eigenvalue weighted by Crippen LogP contribution is 2.40. The fraction of sp³-hybridized carbons (Fsp3) is 0.238. The predicted molar refractivity (Wildman–Crippen MR) is 123 cm³/mol. The number of ether oxygens (including phenoxy) is 2. The first-order valence-corrected chi connectivity index (χ1v) is 11.1. The smallest absolute Gasteiger partial charge is 0.229 e. The van der Waals surface area contributed by atoms with Crippen LogP contribution in [0.5, 0.6) is 11.5 Å². The normalized spacial score (nSPS) is 12.1. The zero-order valence-electron chi connectivity index (χ0n) is 17.7. The van der Waals surface area contributed by atoms with E-state index in [0.717, 1.165) is 5.69 Å². The van der Waals surface area contributed by atoms with E-state index in [1.165, 1.54) is 11.8 Å². The summed E-state index contributed by atoms with van der Waals surface area (Å²) in [4.78, 5) is 0. The summed E-state index contributed by atoms with van der Waals surface area (Å²) in [5.41, 5.74) is 1.43. The maximum atomic E-state index is 6.42. The van der Waals surface area contributed by atoms with Crippen molar-refractivity contribution in [1.82, 2.24) is 25.0 Å². The lowest BCUT2D eigenvalue weighted by atomic mass is 10.2. The Morgan fingerprint density at radius 2 is 1.72 bits per heavy atom. The van der Waals surface area contributed by atoms with Crippen LogP contribution in [-0.4, -0.2) is 39.2 Å². The molecule has 0 saturated heterocycles. The molecule has 0 fully saturated rings. The third-order valence-electron chi connectivity index (χ3n) is 4.60. The summed E-state index contributed by atoms with van der Waals surface area (Å²) in [5, 5.41) is 18.4. The van der Waals surface area contributed by atoms with Crippen LogP contribution in [0, 0.1) is 6.92 Å². The number of hydrogen-bond donors (Lipinski definition) is 0. The van der Waals surface area contributed by atoms with Gasteiger partial charge in [0.25, 0.3) is 0 Å². The first-order chi connectivity index (χ1) is 15.4. The molecule has 0 aliphatic rings. The molecule has 4 aromatic rings. The van der Waals surface area contributed by atoms with Gasteiger partial charge < -0.3 is 13.9 Å². The van der Waals surface area contributed by atoms with Crippen molar-refractivity contribution in [2.45, 2.75) is 24.3 Å². The number of thioether (sulfide) groups is 1. The SMILES string of the molecule is COc1ccc(-n2c(SC(C)c3nnc(C)o3)nnc2-c2cc(Cl)ccc2OC)cc1Cl. The molecule has 2 aromatic heterocycles. The second-order valence-electron chi connectivity index (χ2n) is 6.72. The van der Waals surface area contributed by atoms with Crippen molar-refractivity contribution >= 4 is 35.0 Å². The summed E-state index contributed by atoms with van der Waals surface area (Å²) in [6.45, 7) is 3.70. The van der Waals surface area contributed by atoms with E-state index in [1.807, 2.05) is 17.6 Å². The van der Waals surface area contributed by atoms with Crippen LogP contribution in [-0.2, 0) is 0 Å². The second-order valence-corrected chi connectivity index (χ2v) is 8.88. The number of hydrogen-bond acceptors (Lipinski definition) is 8. The molecular formula is C21H19Cl2N5O3S. The van der Waals surface area contributed by atoms with Gasteiger partial charge in [-0.25, -0.2) is 0 Å². The molecule has 1 atom stereocenters. The highest BCUT2D eigenvalue weighted by Gasteiger charge is 2.24. The summed E-state index contributed by atoms with van der Waals surface area (Å²) < 4.78 is 18.3. The highest BCUT2D eigenvalue weighted by molar-refractivity contribution is 7.99. The lowest BCUT2D eigenvalue weighted by Crippen LogP contribution is -2.02. The van der Waals surface area contributed by atoms with Gasteiger partial charge in [0, 0.05) is 11.9 Å². The summed E-state index contributed by atoms with van der Waals surface area (Å²) in [7, 11) is 3.16. The van der Waals surface area contributed by atoms with Crippen molar-refractivity contribution in [2.24, 2.45) is 0 Å². The maximum Gasteiger partial charge on any atom is 0.229 e. The molecule has 0 radical (unpaired) electrons. The number of benzene rings is 2. The molecule has 0 spiro atoms. The third kappa shape index (κ3) is 4.41. The van der Waals surface area contributed by atoms with Crippen molar-refractivity contribution in [3.63, 3.8) is 0 Å². The Kier molecular flexibility index (Phi) is 6.59. The molecular weight excluding hydrogens is 473 g/mol. The maximum absolute atomic E-state index is 6.42. The standard InChI is InChI=1S/C21H19Cl2N5O3S/c1-11(20-26-24-12(2)31-20)32-21-27-25-19(15-9-13(22)5-7-17(15)29-3)28(21)14-6-8-18(30-4)16(23)10-14/h5-11H,1-4H3. The van der Waals surface area contributed by atoms with Gasteiger partial charge in [-0.1, -0.05) is 35.0 Å². The number of methoxy groups -OCH3 is 2. The quantitative estimate of drug-likeness (QED) is 0.299. The number of rotatable bonds is 7. The fourth-order valence-corrected chi connectivity index (χ4v) is 4.41. The Morgan fingerprint density at radius 3 is 2.38 bits per heavy atom. The molecule has 166 valence electrons. The van der Waals surface area contributed by atoms with Crippen molar-refractivity contribution in [2.75, 3.05) is 14.2 Å². The van der Waals surface area contributed by atoms with E-state index in [0.29, 0.717) is 49.9 Å². The Bertz CT molecular complexity index is 1260. The third-order valence-corrected chi connectivity index (χ3v) is 6.16. The molecule has 11 heteroatoms. The van der Waals surface area contributed by atoms with Crippen LogP contribution in [0.15, 0.2) is 46.0 Å². The molecule has 2 heterocycles. The second kappa shape index (κ2) is 9.40. The molecule has 0 amide bonds. The number of nitrogens with zero attached hydrogens (tertiary/aromatic N) is 5. The lowest BCUT2D eigenvalue weighted by molar-refractivity contribution is 0.415. The van der Waals surface area contributed by atoms with E-state index >= 15 is 0 Å². The van der Waals surface area contributed by atoms with Crippen LogP contribution in [0.4, 0.5) is 0 Å². The summed E-state index contributed by atoms with van der Waals surface area (Å²) in [6.07, 6.45) is 0. The highest BCUT2D eigenvalue weighted by atomic mass is 35.5. The Morgan fingerprint density at radius 1 is 0.969 bits per heavy atom. The van der Waals surface area contributed by atoms with Crippen LogP contribution in [0.25, 0.3) is 17.1 Å². The molecule has 0 bridgehead atoms. The number of aryl methyl sites for hydroxylation is 1. The Hall–Kier alpha value is -2.75. The number of halogens is 2. The van der Waals surface area contributed by atoms with E-state index in [9.17, 15) is 0 Å². The van der Waals surface area contributed by atoms with E-state index in [2.05, 4.69) is 20.4 Å². The minimum absolute atomic E-state index is 0.165. The van der Waals surface area contributed by atoms with Crippen LogP contribution in [0.1, 0.15) is 24.0 Å². The molecule has 0 aliphatic heterocycles. The van der Waals surface area contributed by atoms with E-state index in [1.54, 1.807) is 51.5 Å².